The molecule has 8 nitrogen and oxygen atoms in total. The minimum atomic E-state index is -3.71. The molecule has 0 spiro atoms. The number of carbonyl (C=O) groups excluding carboxylic acids is 1. The normalized spacial score (nSPS) is 16.2. The number of carbonyl (C=O) groups is 1. The number of hydrogen-bond acceptors (Lipinski definition) is 5. The molecule has 34 heavy (non-hydrogen) atoms. The molecule has 0 bridgehead atoms. The SMILES string of the molecule is Cc1cc(C)c(C)c(S(=O)(=O)NCCC(=O)N2CCC(n3cc(-c4ccccc4)nn3)C2)c1C. The van der Waals surface area contributed by atoms with E-state index in [0.717, 1.165) is 39.9 Å². The van der Waals surface area contributed by atoms with Gasteiger partial charge in [-0.05, 0) is 56.4 Å². The van der Waals surface area contributed by atoms with E-state index in [1.54, 1.807) is 4.90 Å². The number of sulfonamides is 1. The van der Waals surface area contributed by atoms with Gasteiger partial charge < -0.3 is 4.90 Å². The van der Waals surface area contributed by atoms with E-state index >= 15 is 0 Å². The van der Waals surface area contributed by atoms with Crippen LogP contribution in [0.1, 0.15) is 41.1 Å². The lowest BCUT2D eigenvalue weighted by Crippen LogP contribution is -2.34. The van der Waals surface area contributed by atoms with Gasteiger partial charge in [0.25, 0.3) is 0 Å². The summed E-state index contributed by atoms with van der Waals surface area (Å²) in [6, 6.07) is 11.9. The third kappa shape index (κ3) is 4.90. The Morgan fingerprint density at radius 2 is 1.76 bits per heavy atom. The minimum Gasteiger partial charge on any atom is -0.340 e. The Bertz CT molecular complexity index is 1280. The molecule has 0 radical (unpaired) electrons. The zero-order valence-electron chi connectivity index (χ0n) is 20.1. The van der Waals surface area contributed by atoms with E-state index < -0.39 is 10.0 Å². The van der Waals surface area contributed by atoms with Gasteiger partial charge in [0.05, 0.1) is 17.1 Å². The minimum absolute atomic E-state index is 0.0613. The molecule has 9 heteroatoms. The topological polar surface area (TPSA) is 97.2 Å². The summed E-state index contributed by atoms with van der Waals surface area (Å²) in [7, 11) is -3.71. The van der Waals surface area contributed by atoms with E-state index in [2.05, 4.69) is 15.0 Å². The van der Waals surface area contributed by atoms with Gasteiger partial charge in [0.15, 0.2) is 0 Å². The maximum atomic E-state index is 13.0. The first-order chi connectivity index (χ1) is 16.2. The highest BCUT2D eigenvalue weighted by Gasteiger charge is 2.29. The summed E-state index contributed by atoms with van der Waals surface area (Å²) >= 11 is 0. The van der Waals surface area contributed by atoms with Crippen molar-refractivity contribution in [3.63, 3.8) is 0 Å². The van der Waals surface area contributed by atoms with Crippen LogP contribution in [0.5, 0.6) is 0 Å². The maximum absolute atomic E-state index is 13.0. The quantitative estimate of drug-likeness (QED) is 0.558. The third-order valence-electron chi connectivity index (χ3n) is 6.67. The van der Waals surface area contributed by atoms with E-state index in [-0.39, 0.29) is 24.9 Å². The number of rotatable bonds is 7. The molecule has 0 saturated carbocycles. The Kier molecular flexibility index (Phi) is 6.86. The Morgan fingerprint density at radius 3 is 2.44 bits per heavy atom. The van der Waals surface area contributed by atoms with Gasteiger partial charge in [-0.25, -0.2) is 17.8 Å². The van der Waals surface area contributed by atoms with Crippen LogP contribution in [0.25, 0.3) is 11.3 Å². The number of amides is 1. The lowest BCUT2D eigenvalue weighted by molar-refractivity contribution is -0.130. The molecular weight excluding hydrogens is 450 g/mol. The fourth-order valence-electron chi connectivity index (χ4n) is 4.49. The van der Waals surface area contributed by atoms with E-state index in [9.17, 15) is 13.2 Å². The lowest BCUT2D eigenvalue weighted by atomic mass is 10.0. The summed E-state index contributed by atoms with van der Waals surface area (Å²) in [5.74, 6) is -0.0672. The van der Waals surface area contributed by atoms with Crippen molar-refractivity contribution >= 4 is 15.9 Å². The third-order valence-corrected chi connectivity index (χ3v) is 8.40. The van der Waals surface area contributed by atoms with Crippen LogP contribution < -0.4 is 4.72 Å². The molecule has 1 N–H and O–H groups in total. The van der Waals surface area contributed by atoms with Crippen molar-refractivity contribution in [3.8, 4) is 11.3 Å². The standard InChI is InChI=1S/C25H31N5O3S/c1-17-14-18(2)20(4)25(19(17)3)34(32,33)26-12-10-24(31)29-13-11-22(15-29)30-16-23(27-28-30)21-8-6-5-7-9-21/h5-9,14,16,22,26H,10-13,15H2,1-4H3. The zero-order valence-corrected chi connectivity index (χ0v) is 20.9. The van der Waals surface area contributed by atoms with Crippen molar-refractivity contribution in [2.45, 2.75) is 51.5 Å². The second-order valence-electron chi connectivity index (χ2n) is 8.97. The molecule has 0 aliphatic carbocycles. The second-order valence-corrected chi connectivity index (χ2v) is 10.7. The largest absolute Gasteiger partial charge is 0.340 e. The molecular formula is C25H31N5O3S. The highest BCUT2D eigenvalue weighted by molar-refractivity contribution is 7.89. The Hall–Kier alpha value is -3.04. The number of benzene rings is 2. The molecule has 1 fully saturated rings. The van der Waals surface area contributed by atoms with Gasteiger partial charge in [0.2, 0.25) is 15.9 Å². The number of aromatic nitrogens is 3. The van der Waals surface area contributed by atoms with Crippen molar-refractivity contribution in [2.75, 3.05) is 19.6 Å². The van der Waals surface area contributed by atoms with Crippen molar-refractivity contribution < 1.29 is 13.2 Å². The molecule has 3 aromatic rings. The van der Waals surface area contributed by atoms with Crippen molar-refractivity contribution in [2.24, 2.45) is 0 Å². The molecule has 4 rings (SSSR count). The Balaban J connectivity index is 1.34. The molecule has 1 aliphatic heterocycles. The summed E-state index contributed by atoms with van der Waals surface area (Å²) < 4.78 is 30.4. The fourth-order valence-corrected chi connectivity index (χ4v) is 6.13. The first-order valence-electron chi connectivity index (χ1n) is 11.5. The number of likely N-dealkylation sites (tertiary alicyclic amines) is 1. The average molecular weight is 482 g/mol. The molecule has 1 aliphatic rings. The number of nitrogens with one attached hydrogen (secondary N) is 1. The van der Waals surface area contributed by atoms with Crippen LogP contribution in [-0.4, -0.2) is 53.9 Å². The summed E-state index contributed by atoms with van der Waals surface area (Å²) in [4.78, 5) is 14.9. The van der Waals surface area contributed by atoms with Gasteiger partial charge in [0.1, 0.15) is 5.69 Å². The van der Waals surface area contributed by atoms with Gasteiger partial charge >= 0.3 is 0 Å². The summed E-state index contributed by atoms with van der Waals surface area (Å²) in [5, 5.41) is 8.53. The van der Waals surface area contributed by atoms with Gasteiger partial charge in [-0.15, -0.1) is 5.10 Å². The first kappa shape index (κ1) is 24.1. The highest BCUT2D eigenvalue weighted by Crippen LogP contribution is 2.26. The van der Waals surface area contributed by atoms with Crippen LogP contribution in [0, 0.1) is 27.7 Å². The van der Waals surface area contributed by atoms with Crippen LogP contribution in [0.2, 0.25) is 0 Å². The second kappa shape index (κ2) is 9.68. The van der Waals surface area contributed by atoms with Gasteiger partial charge in [-0.3, -0.25) is 4.79 Å². The van der Waals surface area contributed by atoms with E-state index in [0.29, 0.717) is 18.0 Å². The van der Waals surface area contributed by atoms with Crippen LogP contribution in [0.3, 0.4) is 0 Å². The van der Waals surface area contributed by atoms with Gasteiger partial charge in [-0.1, -0.05) is 41.6 Å². The number of aryl methyl sites for hydroxylation is 2. The smallest absolute Gasteiger partial charge is 0.241 e. The van der Waals surface area contributed by atoms with E-state index in [1.165, 1.54) is 0 Å². The summed E-state index contributed by atoms with van der Waals surface area (Å²) in [6.45, 7) is 8.68. The highest BCUT2D eigenvalue weighted by atomic mass is 32.2. The molecule has 2 heterocycles. The molecule has 1 amide bonds. The number of hydrogen-bond donors (Lipinski definition) is 1. The van der Waals surface area contributed by atoms with Crippen LogP contribution >= 0.6 is 0 Å². The molecule has 1 atom stereocenters. The van der Waals surface area contributed by atoms with Crippen LogP contribution in [-0.2, 0) is 14.8 Å². The molecule has 1 unspecified atom stereocenters. The zero-order chi connectivity index (χ0) is 24.5. The van der Waals surface area contributed by atoms with Gasteiger partial charge in [-0.2, -0.15) is 0 Å². The van der Waals surface area contributed by atoms with E-state index in [4.69, 9.17) is 0 Å². The molecule has 1 saturated heterocycles. The van der Waals surface area contributed by atoms with Crippen molar-refractivity contribution in [1.82, 2.24) is 24.6 Å². The average Bonchev–Trinajstić information content (AvgIpc) is 3.48. The maximum Gasteiger partial charge on any atom is 0.241 e. The Labute approximate surface area is 201 Å². The monoisotopic (exact) mass is 481 g/mol. The van der Waals surface area contributed by atoms with Crippen molar-refractivity contribution in [1.29, 1.82) is 0 Å². The summed E-state index contributed by atoms with van der Waals surface area (Å²) in [6.07, 6.45) is 2.81. The van der Waals surface area contributed by atoms with Gasteiger partial charge in [0, 0.05) is 31.6 Å². The van der Waals surface area contributed by atoms with Crippen LogP contribution in [0.15, 0.2) is 47.5 Å². The molecule has 1 aromatic heterocycles. The fraction of sp³-hybridized carbons (Fsp3) is 0.400. The molecule has 2 aromatic carbocycles. The number of nitrogens with zero attached hydrogens (tertiary/aromatic N) is 4. The predicted molar refractivity (Wildman–Crippen MR) is 131 cm³/mol. The summed E-state index contributed by atoms with van der Waals surface area (Å²) in [5.41, 5.74) is 5.16. The Morgan fingerprint density at radius 1 is 1.09 bits per heavy atom. The first-order valence-corrected chi connectivity index (χ1v) is 13.0. The van der Waals surface area contributed by atoms with Crippen LogP contribution in [0.4, 0.5) is 0 Å². The predicted octanol–water partition coefficient (Wildman–Crippen LogP) is 3.32. The lowest BCUT2D eigenvalue weighted by Gasteiger charge is -2.18. The molecule has 180 valence electrons. The van der Waals surface area contributed by atoms with Crippen molar-refractivity contribution in [3.05, 3.63) is 64.8 Å². The van der Waals surface area contributed by atoms with E-state index in [1.807, 2.05) is 75.0 Å².